The molecule has 0 radical (unpaired) electrons. The number of hydrogen-bond donors (Lipinski definition) is 0. The Morgan fingerprint density at radius 3 is 2.64 bits per heavy atom. The Morgan fingerprint density at radius 1 is 0.964 bits per heavy atom. The lowest BCUT2D eigenvalue weighted by atomic mass is 10.2. The summed E-state index contributed by atoms with van der Waals surface area (Å²) in [5.41, 5.74) is 3.71. The number of aryl methyl sites for hydroxylation is 1. The molecule has 5 aromatic rings. The molecule has 0 aliphatic heterocycles. The maximum atomic E-state index is 5.36. The summed E-state index contributed by atoms with van der Waals surface area (Å²) in [6.07, 6.45) is 0. The third-order valence-electron chi connectivity index (χ3n) is 4.50. The van der Waals surface area contributed by atoms with Crippen LogP contribution in [0.5, 0.6) is 0 Å². The van der Waals surface area contributed by atoms with Gasteiger partial charge in [0, 0.05) is 17.5 Å². The van der Waals surface area contributed by atoms with Gasteiger partial charge in [-0.2, -0.15) is 4.98 Å². The zero-order valence-corrected chi connectivity index (χ0v) is 15.9. The van der Waals surface area contributed by atoms with Crippen LogP contribution in [0.4, 0.5) is 0 Å². The van der Waals surface area contributed by atoms with Gasteiger partial charge in [-0.05, 0) is 13.0 Å². The van der Waals surface area contributed by atoms with Crippen LogP contribution in [0, 0.1) is 0 Å². The van der Waals surface area contributed by atoms with Crippen LogP contribution in [-0.2, 0) is 12.3 Å². The molecular weight excluding hydrogens is 372 g/mol. The number of rotatable bonds is 5. The Labute approximate surface area is 164 Å². The Bertz CT molecular complexity index is 1260. The Hall–Kier alpha value is -3.26. The topological polar surface area (TPSA) is 82.5 Å². The van der Waals surface area contributed by atoms with E-state index in [9.17, 15) is 0 Å². The Morgan fingerprint density at radius 2 is 1.79 bits per heavy atom. The average molecular weight is 388 g/mol. The number of hydrogen-bond acceptors (Lipinski definition) is 7. The van der Waals surface area contributed by atoms with Gasteiger partial charge in [-0.25, -0.2) is 4.98 Å². The van der Waals surface area contributed by atoms with Gasteiger partial charge in [-0.15, -0.1) is 10.2 Å². The van der Waals surface area contributed by atoms with Crippen LogP contribution in [0.3, 0.4) is 0 Å². The van der Waals surface area contributed by atoms with Crippen LogP contribution < -0.4 is 0 Å². The molecule has 0 unspecified atom stereocenters. The fourth-order valence-electron chi connectivity index (χ4n) is 3.21. The van der Waals surface area contributed by atoms with Gasteiger partial charge in [0.25, 0.3) is 0 Å². The second kappa shape index (κ2) is 7.05. The summed E-state index contributed by atoms with van der Waals surface area (Å²) in [7, 11) is 0. The van der Waals surface area contributed by atoms with E-state index < -0.39 is 0 Å². The Balaban J connectivity index is 1.42. The first-order valence-electron chi connectivity index (χ1n) is 8.96. The highest BCUT2D eigenvalue weighted by molar-refractivity contribution is 7.98. The smallest absolute Gasteiger partial charge is 0.237 e. The summed E-state index contributed by atoms with van der Waals surface area (Å²) in [5, 5.41) is 14.4. The molecule has 0 atom stereocenters. The van der Waals surface area contributed by atoms with E-state index in [0.717, 1.165) is 34.2 Å². The minimum absolute atomic E-state index is 0.485. The fourth-order valence-corrected chi connectivity index (χ4v) is 3.83. The monoisotopic (exact) mass is 388 g/mol. The highest BCUT2D eigenvalue weighted by Crippen LogP contribution is 2.28. The predicted octanol–water partition coefficient (Wildman–Crippen LogP) is 4.34. The third-order valence-corrected chi connectivity index (χ3v) is 5.32. The first-order valence-corrected chi connectivity index (χ1v) is 9.94. The van der Waals surface area contributed by atoms with Crippen LogP contribution in [0.2, 0.25) is 0 Å². The summed E-state index contributed by atoms with van der Waals surface area (Å²) in [6.45, 7) is 2.92. The van der Waals surface area contributed by atoms with Gasteiger partial charge >= 0.3 is 0 Å². The highest BCUT2D eigenvalue weighted by atomic mass is 32.2. The van der Waals surface area contributed by atoms with Gasteiger partial charge in [-0.1, -0.05) is 65.4 Å². The van der Waals surface area contributed by atoms with Gasteiger partial charge in [0.05, 0.1) is 11.3 Å². The summed E-state index contributed by atoms with van der Waals surface area (Å²) in [6, 6.07) is 17.9. The van der Waals surface area contributed by atoms with E-state index in [1.54, 1.807) is 0 Å². The number of fused-ring (bicyclic) bond motifs is 3. The zero-order chi connectivity index (χ0) is 18.9. The SMILES string of the molecule is CCn1c2ccccc2c2nnc(SCc3nc(-c4ccccc4)no3)nc21. The van der Waals surface area contributed by atoms with Crippen LogP contribution >= 0.6 is 11.8 Å². The van der Waals surface area contributed by atoms with E-state index in [-0.39, 0.29) is 0 Å². The molecule has 0 saturated heterocycles. The minimum atomic E-state index is 0.485. The third kappa shape index (κ3) is 2.91. The molecule has 28 heavy (non-hydrogen) atoms. The second-order valence-electron chi connectivity index (χ2n) is 6.19. The van der Waals surface area contributed by atoms with Crippen molar-refractivity contribution in [3.8, 4) is 11.4 Å². The summed E-state index contributed by atoms with van der Waals surface area (Å²) < 4.78 is 7.51. The number of benzene rings is 2. The van der Waals surface area contributed by atoms with Crippen molar-refractivity contribution >= 4 is 33.8 Å². The molecule has 0 aliphatic rings. The molecule has 7 nitrogen and oxygen atoms in total. The molecule has 3 aromatic heterocycles. The van der Waals surface area contributed by atoms with Gasteiger partial charge in [0.1, 0.15) is 5.52 Å². The number of aromatic nitrogens is 6. The van der Waals surface area contributed by atoms with E-state index in [2.05, 4.69) is 44.0 Å². The van der Waals surface area contributed by atoms with Crippen molar-refractivity contribution in [1.82, 2.24) is 29.9 Å². The van der Waals surface area contributed by atoms with E-state index >= 15 is 0 Å². The van der Waals surface area contributed by atoms with Crippen molar-refractivity contribution in [1.29, 1.82) is 0 Å². The van der Waals surface area contributed by atoms with Crippen molar-refractivity contribution in [2.24, 2.45) is 0 Å². The zero-order valence-electron chi connectivity index (χ0n) is 15.1. The molecule has 3 heterocycles. The van der Waals surface area contributed by atoms with E-state index in [1.807, 2.05) is 42.5 Å². The maximum Gasteiger partial charge on any atom is 0.237 e. The standard InChI is InChI=1S/C20H16N6OS/c1-2-26-15-11-7-6-10-14(15)17-19(26)22-20(24-23-17)28-12-16-21-18(25-27-16)13-8-4-3-5-9-13/h3-11H,2,12H2,1H3. The molecule has 0 aliphatic carbocycles. The van der Waals surface area contributed by atoms with Crippen molar-refractivity contribution < 1.29 is 4.52 Å². The van der Waals surface area contributed by atoms with Crippen molar-refractivity contribution in [2.45, 2.75) is 24.4 Å². The normalized spacial score (nSPS) is 11.5. The molecule has 0 bridgehead atoms. The van der Waals surface area contributed by atoms with Crippen molar-refractivity contribution in [3.05, 3.63) is 60.5 Å². The minimum Gasteiger partial charge on any atom is -0.338 e. The number of nitrogens with zero attached hydrogens (tertiary/aromatic N) is 6. The van der Waals surface area contributed by atoms with E-state index in [1.165, 1.54) is 11.8 Å². The molecule has 0 N–H and O–H groups in total. The molecular formula is C20H16N6OS. The predicted molar refractivity (Wildman–Crippen MR) is 108 cm³/mol. The summed E-state index contributed by atoms with van der Waals surface area (Å²) in [5.74, 6) is 1.60. The van der Waals surface area contributed by atoms with Gasteiger partial charge in [0.2, 0.25) is 16.9 Å². The van der Waals surface area contributed by atoms with Crippen molar-refractivity contribution in [2.75, 3.05) is 0 Å². The average Bonchev–Trinajstić information content (AvgIpc) is 3.35. The van der Waals surface area contributed by atoms with Crippen molar-refractivity contribution in [3.63, 3.8) is 0 Å². The second-order valence-corrected chi connectivity index (χ2v) is 7.14. The van der Waals surface area contributed by atoms with Gasteiger partial charge < -0.3 is 9.09 Å². The molecule has 8 heteroatoms. The molecule has 0 spiro atoms. The van der Waals surface area contributed by atoms with Gasteiger partial charge in [-0.3, -0.25) is 0 Å². The lowest BCUT2D eigenvalue weighted by Gasteiger charge is -2.02. The van der Waals surface area contributed by atoms with Crippen LogP contribution in [0.25, 0.3) is 33.5 Å². The first kappa shape index (κ1) is 16.9. The molecule has 138 valence electrons. The lowest BCUT2D eigenvalue weighted by molar-refractivity contribution is 0.391. The van der Waals surface area contributed by atoms with Crippen LogP contribution in [0.1, 0.15) is 12.8 Å². The summed E-state index contributed by atoms with van der Waals surface area (Å²) >= 11 is 1.43. The van der Waals surface area contributed by atoms with E-state index in [4.69, 9.17) is 9.51 Å². The largest absolute Gasteiger partial charge is 0.338 e. The number of para-hydroxylation sites is 1. The Kier molecular flexibility index (Phi) is 4.25. The van der Waals surface area contributed by atoms with Crippen LogP contribution in [0.15, 0.2) is 64.3 Å². The fraction of sp³-hybridized carbons (Fsp3) is 0.150. The lowest BCUT2D eigenvalue weighted by Crippen LogP contribution is -1.98. The molecule has 5 rings (SSSR count). The molecule has 0 amide bonds. The van der Waals surface area contributed by atoms with Gasteiger partial charge in [0.15, 0.2) is 5.65 Å². The number of thioether (sulfide) groups is 1. The van der Waals surface area contributed by atoms with Crippen LogP contribution in [-0.4, -0.2) is 29.9 Å². The summed E-state index contributed by atoms with van der Waals surface area (Å²) in [4.78, 5) is 9.17. The first-order chi connectivity index (χ1) is 13.8. The molecule has 2 aromatic carbocycles. The molecule has 0 fully saturated rings. The molecule has 0 saturated carbocycles. The highest BCUT2D eigenvalue weighted by Gasteiger charge is 2.15. The maximum absolute atomic E-state index is 5.36. The quantitative estimate of drug-likeness (QED) is 0.414. The van der Waals surface area contributed by atoms with E-state index in [0.29, 0.717) is 22.6 Å².